The van der Waals surface area contributed by atoms with Crippen LogP contribution in [0.4, 0.5) is 0 Å². The van der Waals surface area contributed by atoms with Crippen LogP contribution in [0.5, 0.6) is 0 Å². The number of hydrogen-bond donors (Lipinski definition) is 1. The summed E-state index contributed by atoms with van der Waals surface area (Å²) in [6.07, 6.45) is 2.32. The maximum absolute atomic E-state index is 12.4. The lowest BCUT2D eigenvalue weighted by Crippen LogP contribution is -2.64. The van der Waals surface area contributed by atoms with Crippen LogP contribution in [0.1, 0.15) is 53.9 Å². The number of nitrogens with one attached hydrogen (secondary N) is 1. The molecule has 2 atom stereocenters. The van der Waals surface area contributed by atoms with Gasteiger partial charge in [0.15, 0.2) is 0 Å². The Labute approximate surface area is 110 Å². The molecule has 1 aliphatic rings. The van der Waals surface area contributed by atoms with Gasteiger partial charge >= 0.3 is 0 Å². The Morgan fingerprint density at radius 2 is 1.78 bits per heavy atom. The van der Waals surface area contributed by atoms with Crippen molar-refractivity contribution in [2.45, 2.75) is 66.0 Å². The summed E-state index contributed by atoms with van der Waals surface area (Å²) in [7, 11) is 0. The quantitative estimate of drug-likeness (QED) is 0.815. The van der Waals surface area contributed by atoms with E-state index in [1.54, 1.807) is 4.90 Å². The average molecular weight is 254 g/mol. The van der Waals surface area contributed by atoms with E-state index < -0.39 is 0 Å². The Morgan fingerprint density at radius 3 is 2.22 bits per heavy atom. The van der Waals surface area contributed by atoms with Crippen LogP contribution in [-0.2, 0) is 9.59 Å². The standard InChI is InChI=1S/C14H26N2O2/c1-6-10-13(18)16(9-14(4,5)8-3)11(7-2)12(17)15-10/h10-11H,6-9H2,1-5H3,(H,15,17). The Hall–Kier alpha value is -1.06. The number of amides is 2. The fourth-order valence-corrected chi connectivity index (χ4v) is 2.27. The van der Waals surface area contributed by atoms with Crippen molar-refractivity contribution in [3.63, 3.8) is 0 Å². The van der Waals surface area contributed by atoms with Gasteiger partial charge in [-0.3, -0.25) is 9.59 Å². The molecule has 2 amide bonds. The number of hydrogen-bond acceptors (Lipinski definition) is 2. The van der Waals surface area contributed by atoms with Crippen molar-refractivity contribution in [2.24, 2.45) is 5.41 Å². The molecule has 0 aliphatic carbocycles. The van der Waals surface area contributed by atoms with Crippen molar-refractivity contribution in [2.75, 3.05) is 6.54 Å². The summed E-state index contributed by atoms with van der Waals surface area (Å²) in [4.78, 5) is 26.2. The molecule has 18 heavy (non-hydrogen) atoms. The predicted molar refractivity (Wildman–Crippen MR) is 72.1 cm³/mol. The molecule has 0 bridgehead atoms. The van der Waals surface area contributed by atoms with E-state index in [1.807, 2.05) is 13.8 Å². The second kappa shape index (κ2) is 5.72. The molecular weight excluding hydrogens is 228 g/mol. The fraction of sp³-hybridized carbons (Fsp3) is 0.857. The molecule has 0 radical (unpaired) electrons. The van der Waals surface area contributed by atoms with Gasteiger partial charge in [0, 0.05) is 6.54 Å². The molecule has 0 spiro atoms. The molecule has 0 aromatic rings. The highest BCUT2D eigenvalue weighted by Gasteiger charge is 2.40. The first-order valence-corrected chi connectivity index (χ1v) is 6.97. The van der Waals surface area contributed by atoms with Crippen LogP contribution >= 0.6 is 0 Å². The number of carbonyl (C=O) groups is 2. The lowest BCUT2D eigenvalue weighted by Gasteiger charge is -2.42. The van der Waals surface area contributed by atoms with E-state index in [1.165, 1.54) is 0 Å². The Kier molecular flexibility index (Phi) is 4.77. The molecule has 0 saturated carbocycles. The molecule has 4 heteroatoms. The maximum Gasteiger partial charge on any atom is 0.245 e. The van der Waals surface area contributed by atoms with Crippen LogP contribution in [0.3, 0.4) is 0 Å². The minimum absolute atomic E-state index is 0.00384. The molecule has 1 aliphatic heterocycles. The summed E-state index contributed by atoms with van der Waals surface area (Å²) >= 11 is 0. The van der Waals surface area contributed by atoms with Gasteiger partial charge in [0.2, 0.25) is 11.8 Å². The molecule has 1 saturated heterocycles. The Morgan fingerprint density at radius 1 is 1.17 bits per heavy atom. The topological polar surface area (TPSA) is 49.4 Å². The maximum atomic E-state index is 12.4. The largest absolute Gasteiger partial charge is 0.343 e. The SMILES string of the molecule is CCC1NC(=O)C(CC)N(CC(C)(C)CC)C1=O. The summed E-state index contributed by atoms with van der Waals surface area (Å²) in [6, 6.07) is -0.640. The van der Waals surface area contributed by atoms with E-state index in [0.717, 1.165) is 6.42 Å². The lowest BCUT2D eigenvalue weighted by atomic mass is 9.88. The van der Waals surface area contributed by atoms with Crippen LogP contribution in [-0.4, -0.2) is 35.3 Å². The monoisotopic (exact) mass is 254 g/mol. The molecule has 2 unspecified atom stereocenters. The predicted octanol–water partition coefficient (Wildman–Crippen LogP) is 1.94. The highest BCUT2D eigenvalue weighted by Crippen LogP contribution is 2.25. The van der Waals surface area contributed by atoms with E-state index in [2.05, 4.69) is 26.1 Å². The smallest absolute Gasteiger partial charge is 0.245 e. The normalized spacial score (nSPS) is 25.3. The zero-order chi connectivity index (χ0) is 13.9. The second-order valence-electron chi connectivity index (χ2n) is 5.88. The van der Waals surface area contributed by atoms with Crippen molar-refractivity contribution in [1.29, 1.82) is 0 Å². The van der Waals surface area contributed by atoms with Crippen LogP contribution in [0.2, 0.25) is 0 Å². The van der Waals surface area contributed by atoms with Gasteiger partial charge in [-0.1, -0.05) is 34.6 Å². The summed E-state index contributed by atoms with van der Waals surface area (Å²) < 4.78 is 0. The molecule has 1 heterocycles. The minimum Gasteiger partial charge on any atom is -0.343 e. The lowest BCUT2D eigenvalue weighted by molar-refractivity contribution is -0.151. The number of carbonyl (C=O) groups excluding carboxylic acids is 2. The fourth-order valence-electron chi connectivity index (χ4n) is 2.27. The van der Waals surface area contributed by atoms with E-state index in [4.69, 9.17) is 0 Å². The van der Waals surface area contributed by atoms with E-state index >= 15 is 0 Å². The van der Waals surface area contributed by atoms with Gasteiger partial charge < -0.3 is 10.2 Å². The molecule has 0 aromatic heterocycles. The van der Waals surface area contributed by atoms with Gasteiger partial charge in [-0.15, -0.1) is 0 Å². The molecule has 104 valence electrons. The average Bonchev–Trinajstić information content (AvgIpc) is 2.33. The van der Waals surface area contributed by atoms with Gasteiger partial charge in [0.25, 0.3) is 0 Å². The van der Waals surface area contributed by atoms with Crippen molar-refractivity contribution in [3.8, 4) is 0 Å². The first kappa shape index (κ1) is 15.0. The minimum atomic E-state index is -0.340. The molecule has 1 N–H and O–H groups in total. The highest BCUT2D eigenvalue weighted by molar-refractivity contribution is 5.96. The van der Waals surface area contributed by atoms with Crippen LogP contribution < -0.4 is 5.32 Å². The third kappa shape index (κ3) is 3.03. The van der Waals surface area contributed by atoms with Gasteiger partial charge in [-0.25, -0.2) is 0 Å². The molecule has 4 nitrogen and oxygen atoms in total. The number of piperazine rings is 1. The molecule has 0 aromatic carbocycles. The van der Waals surface area contributed by atoms with Crippen LogP contribution in [0, 0.1) is 5.41 Å². The van der Waals surface area contributed by atoms with E-state index in [9.17, 15) is 9.59 Å². The third-order valence-corrected chi connectivity index (χ3v) is 3.93. The summed E-state index contributed by atoms with van der Waals surface area (Å²) in [5.41, 5.74) is 0.0546. The molecule has 1 fully saturated rings. The van der Waals surface area contributed by atoms with Gasteiger partial charge in [0.1, 0.15) is 12.1 Å². The molecule has 1 rings (SSSR count). The Balaban J connectivity index is 2.93. The summed E-state index contributed by atoms with van der Waals surface area (Å²) in [5, 5.41) is 2.82. The zero-order valence-corrected chi connectivity index (χ0v) is 12.2. The van der Waals surface area contributed by atoms with Crippen LogP contribution in [0.25, 0.3) is 0 Å². The Bertz CT molecular complexity index is 326. The summed E-state index contributed by atoms with van der Waals surface area (Å²) in [5.74, 6) is 0.0707. The van der Waals surface area contributed by atoms with Crippen molar-refractivity contribution >= 4 is 11.8 Å². The van der Waals surface area contributed by atoms with Crippen molar-refractivity contribution in [3.05, 3.63) is 0 Å². The van der Waals surface area contributed by atoms with Crippen molar-refractivity contribution in [1.82, 2.24) is 10.2 Å². The highest BCUT2D eigenvalue weighted by atomic mass is 16.2. The van der Waals surface area contributed by atoms with Crippen LogP contribution in [0.15, 0.2) is 0 Å². The molecular formula is C14H26N2O2. The zero-order valence-electron chi connectivity index (χ0n) is 12.2. The third-order valence-electron chi connectivity index (χ3n) is 3.93. The first-order valence-electron chi connectivity index (χ1n) is 6.97. The van der Waals surface area contributed by atoms with Gasteiger partial charge in [-0.05, 0) is 24.7 Å². The van der Waals surface area contributed by atoms with Gasteiger partial charge in [-0.2, -0.15) is 0 Å². The van der Waals surface area contributed by atoms with E-state index in [0.29, 0.717) is 19.4 Å². The second-order valence-corrected chi connectivity index (χ2v) is 5.88. The summed E-state index contributed by atoms with van der Waals surface area (Å²) in [6.45, 7) is 10.9. The van der Waals surface area contributed by atoms with E-state index in [-0.39, 0.29) is 29.3 Å². The number of nitrogens with zero attached hydrogens (tertiary/aromatic N) is 1. The van der Waals surface area contributed by atoms with Crippen molar-refractivity contribution < 1.29 is 9.59 Å². The number of rotatable bonds is 5. The first-order chi connectivity index (χ1) is 8.36. The van der Waals surface area contributed by atoms with Gasteiger partial charge in [0.05, 0.1) is 0 Å².